The van der Waals surface area contributed by atoms with Crippen LogP contribution in [0.4, 0.5) is 5.69 Å². The van der Waals surface area contributed by atoms with Crippen LogP contribution in [-0.4, -0.2) is 44.3 Å². The Balaban J connectivity index is 1.83. The molecule has 0 aliphatic heterocycles. The minimum absolute atomic E-state index is 0.0171. The predicted octanol–water partition coefficient (Wildman–Crippen LogP) is 7.27. The van der Waals surface area contributed by atoms with E-state index in [1.807, 2.05) is 30.3 Å². The Labute approximate surface area is 277 Å². The van der Waals surface area contributed by atoms with E-state index in [1.54, 1.807) is 49.4 Å². The highest BCUT2D eigenvalue weighted by atomic mass is 35.5. The smallest absolute Gasteiger partial charge is 0.264 e. The predicted molar refractivity (Wildman–Crippen MR) is 177 cm³/mol. The summed E-state index contributed by atoms with van der Waals surface area (Å²) in [6.45, 7) is 1.36. The average Bonchev–Trinajstić information content (AvgIpc) is 3.02. The molecule has 44 heavy (non-hydrogen) atoms. The third kappa shape index (κ3) is 8.06. The van der Waals surface area contributed by atoms with Crippen molar-refractivity contribution in [3.8, 4) is 0 Å². The molecule has 1 atom stereocenters. The van der Waals surface area contributed by atoms with Crippen LogP contribution in [0.2, 0.25) is 20.1 Å². The highest BCUT2D eigenvalue weighted by Gasteiger charge is 2.35. The number of hydrogen-bond donors (Lipinski definition) is 1. The molecule has 4 aromatic carbocycles. The summed E-state index contributed by atoms with van der Waals surface area (Å²) in [6.07, 6.45) is 0.170. The minimum atomic E-state index is -4.32. The Bertz CT molecular complexity index is 1720. The summed E-state index contributed by atoms with van der Waals surface area (Å²) in [5.41, 5.74) is 1.42. The van der Waals surface area contributed by atoms with Crippen molar-refractivity contribution in [3.63, 3.8) is 0 Å². The van der Waals surface area contributed by atoms with Gasteiger partial charge in [-0.3, -0.25) is 13.9 Å². The van der Waals surface area contributed by atoms with Gasteiger partial charge in [0.05, 0.1) is 30.7 Å². The molecule has 0 radical (unpaired) electrons. The van der Waals surface area contributed by atoms with Crippen LogP contribution in [0.5, 0.6) is 0 Å². The number of rotatable bonds is 12. The number of anilines is 1. The molecule has 7 nitrogen and oxygen atoms in total. The third-order valence-electron chi connectivity index (χ3n) is 6.77. The second kappa shape index (κ2) is 15.1. The van der Waals surface area contributed by atoms with Crippen molar-refractivity contribution in [2.75, 3.05) is 17.4 Å². The zero-order valence-corrected chi connectivity index (χ0v) is 27.4. The highest BCUT2D eigenvalue weighted by molar-refractivity contribution is 7.92. The van der Waals surface area contributed by atoms with Crippen molar-refractivity contribution in [1.82, 2.24) is 10.2 Å². The highest BCUT2D eigenvalue weighted by Crippen LogP contribution is 2.35. The minimum Gasteiger partial charge on any atom is -0.355 e. The van der Waals surface area contributed by atoms with Crippen LogP contribution >= 0.6 is 46.4 Å². The van der Waals surface area contributed by atoms with Crippen molar-refractivity contribution in [3.05, 3.63) is 128 Å². The lowest BCUT2D eigenvalue weighted by atomic mass is 10.0. The number of carbonyl (C=O) groups excluding carboxylic acids is 2. The Morgan fingerprint density at radius 3 is 2.07 bits per heavy atom. The molecular formula is C32H29Cl4N3O4S. The molecule has 0 unspecified atom stereocenters. The fraction of sp³-hybridized carbons (Fsp3) is 0.188. The lowest BCUT2D eigenvalue weighted by Crippen LogP contribution is -2.53. The maximum Gasteiger partial charge on any atom is 0.264 e. The lowest BCUT2D eigenvalue weighted by molar-refractivity contribution is -0.140. The van der Waals surface area contributed by atoms with E-state index in [9.17, 15) is 18.0 Å². The van der Waals surface area contributed by atoms with Crippen molar-refractivity contribution in [2.24, 2.45) is 0 Å². The van der Waals surface area contributed by atoms with Gasteiger partial charge in [0.25, 0.3) is 10.0 Å². The second-order valence-electron chi connectivity index (χ2n) is 9.77. The van der Waals surface area contributed by atoms with E-state index in [4.69, 9.17) is 46.4 Å². The SMILES string of the molecule is CCNC(=O)[C@H](Cc1ccccc1)N(Cc1ccc(Cl)c(Cl)c1)C(=O)CN(c1cccc(Cl)c1Cl)S(=O)(=O)c1ccccc1. The zero-order valence-electron chi connectivity index (χ0n) is 23.6. The summed E-state index contributed by atoms with van der Waals surface area (Å²) < 4.78 is 29.0. The topological polar surface area (TPSA) is 86.8 Å². The van der Waals surface area contributed by atoms with Gasteiger partial charge in [-0.1, -0.05) is 107 Å². The van der Waals surface area contributed by atoms with Crippen LogP contribution in [0.15, 0.2) is 102 Å². The van der Waals surface area contributed by atoms with Crippen LogP contribution in [0.1, 0.15) is 18.1 Å². The number of sulfonamides is 1. The largest absolute Gasteiger partial charge is 0.355 e. The monoisotopic (exact) mass is 691 g/mol. The van der Waals surface area contributed by atoms with E-state index < -0.39 is 34.4 Å². The second-order valence-corrected chi connectivity index (χ2v) is 13.2. The van der Waals surface area contributed by atoms with Gasteiger partial charge in [-0.15, -0.1) is 0 Å². The molecular weight excluding hydrogens is 664 g/mol. The summed E-state index contributed by atoms with van der Waals surface area (Å²) in [5, 5.41) is 3.49. The summed E-state index contributed by atoms with van der Waals surface area (Å²) in [7, 11) is -4.32. The fourth-order valence-corrected chi connectivity index (χ4v) is 6.81. The van der Waals surface area contributed by atoms with Crippen LogP contribution in [0, 0.1) is 0 Å². The van der Waals surface area contributed by atoms with Crippen LogP contribution in [0.25, 0.3) is 0 Å². The molecule has 0 saturated heterocycles. The molecule has 0 saturated carbocycles. The molecule has 0 aliphatic rings. The summed E-state index contributed by atoms with van der Waals surface area (Å²) >= 11 is 25.2. The first-order chi connectivity index (χ1) is 21.0. The number of halogens is 4. The molecule has 0 spiro atoms. The number of benzene rings is 4. The Morgan fingerprint density at radius 2 is 1.43 bits per heavy atom. The van der Waals surface area contributed by atoms with Gasteiger partial charge in [0, 0.05) is 19.5 Å². The molecule has 0 aromatic heterocycles. The Morgan fingerprint density at radius 1 is 0.773 bits per heavy atom. The normalized spacial score (nSPS) is 11.9. The van der Waals surface area contributed by atoms with Gasteiger partial charge in [0.15, 0.2) is 0 Å². The van der Waals surface area contributed by atoms with Crippen molar-refractivity contribution in [1.29, 1.82) is 0 Å². The van der Waals surface area contributed by atoms with Gasteiger partial charge in [-0.25, -0.2) is 8.42 Å². The summed E-state index contributed by atoms with van der Waals surface area (Å²) in [5.74, 6) is -1.05. The third-order valence-corrected chi connectivity index (χ3v) is 10.1. The van der Waals surface area contributed by atoms with E-state index in [2.05, 4.69) is 5.32 Å². The number of hydrogen-bond acceptors (Lipinski definition) is 4. The van der Waals surface area contributed by atoms with Gasteiger partial charge in [0.2, 0.25) is 11.8 Å². The van der Waals surface area contributed by atoms with Crippen molar-refractivity contribution in [2.45, 2.75) is 30.8 Å². The summed E-state index contributed by atoms with van der Waals surface area (Å²) in [4.78, 5) is 29.3. The Kier molecular flexibility index (Phi) is 11.6. The standard InChI is InChI=1S/C32H29Cl4N3O4S/c1-2-37-32(41)29(19-22-10-5-3-6-11-22)38(20-23-16-17-25(33)27(35)18-23)30(40)21-39(28-15-9-14-26(34)31(28)36)44(42,43)24-12-7-4-8-13-24/h3-18,29H,2,19-21H2,1H3,(H,37,41)/t29-/m0/s1. The zero-order chi connectivity index (χ0) is 31.9. The maximum atomic E-state index is 14.4. The van der Waals surface area contributed by atoms with Crippen LogP contribution in [-0.2, 0) is 32.6 Å². The van der Waals surface area contributed by atoms with Gasteiger partial charge in [-0.2, -0.15) is 0 Å². The summed E-state index contributed by atoms with van der Waals surface area (Å²) in [6, 6.07) is 25.3. The number of likely N-dealkylation sites (N-methyl/N-ethyl adjacent to an activating group) is 1. The molecule has 4 aromatic rings. The average molecular weight is 693 g/mol. The molecule has 0 bridgehead atoms. The molecule has 1 N–H and O–H groups in total. The van der Waals surface area contributed by atoms with E-state index in [0.29, 0.717) is 17.1 Å². The fourth-order valence-electron chi connectivity index (χ4n) is 4.60. The molecule has 4 rings (SSSR count). The Hall–Kier alpha value is -3.27. The first-order valence-corrected chi connectivity index (χ1v) is 16.5. The number of nitrogens with one attached hydrogen (secondary N) is 1. The number of nitrogens with zero attached hydrogens (tertiary/aromatic N) is 2. The molecule has 12 heteroatoms. The maximum absolute atomic E-state index is 14.4. The molecule has 230 valence electrons. The molecule has 0 fully saturated rings. The molecule has 0 aliphatic carbocycles. The van der Waals surface area contributed by atoms with Gasteiger partial charge in [0.1, 0.15) is 12.6 Å². The van der Waals surface area contributed by atoms with E-state index in [0.717, 1.165) is 9.87 Å². The van der Waals surface area contributed by atoms with E-state index >= 15 is 0 Å². The van der Waals surface area contributed by atoms with Gasteiger partial charge in [-0.05, 0) is 54.4 Å². The van der Waals surface area contributed by atoms with Gasteiger partial charge >= 0.3 is 0 Å². The van der Waals surface area contributed by atoms with Crippen LogP contribution in [0.3, 0.4) is 0 Å². The number of amides is 2. The molecule has 2 amide bonds. The van der Waals surface area contributed by atoms with Gasteiger partial charge < -0.3 is 10.2 Å². The first-order valence-electron chi connectivity index (χ1n) is 13.6. The quantitative estimate of drug-likeness (QED) is 0.169. The van der Waals surface area contributed by atoms with E-state index in [1.165, 1.54) is 29.2 Å². The lowest BCUT2D eigenvalue weighted by Gasteiger charge is -2.34. The van der Waals surface area contributed by atoms with Crippen molar-refractivity contribution >= 4 is 73.9 Å². The van der Waals surface area contributed by atoms with Crippen LogP contribution < -0.4 is 9.62 Å². The first kappa shape index (κ1) is 33.6. The number of carbonyl (C=O) groups is 2. The molecule has 0 heterocycles. The van der Waals surface area contributed by atoms with E-state index in [-0.39, 0.29) is 38.6 Å². The van der Waals surface area contributed by atoms with Crippen molar-refractivity contribution < 1.29 is 18.0 Å².